The van der Waals surface area contributed by atoms with Gasteiger partial charge < -0.3 is 14.7 Å². The first-order valence-electron chi connectivity index (χ1n) is 6.41. The first-order valence-corrected chi connectivity index (χ1v) is 6.41. The highest BCUT2D eigenvalue weighted by Gasteiger charge is 2.28. The topological polar surface area (TPSA) is 49.8 Å². The molecule has 0 aromatic rings. The van der Waals surface area contributed by atoms with Crippen LogP contribution >= 0.6 is 0 Å². The number of amides is 1. The minimum atomic E-state index is -0.456. The summed E-state index contributed by atoms with van der Waals surface area (Å²) in [6.45, 7) is 1.61. The SMILES string of the molecule is O=C(O[C@H]1CCCC[C@H]1O)N1CCCCC1. The smallest absolute Gasteiger partial charge is 0.410 e. The Morgan fingerprint density at radius 1 is 1.06 bits per heavy atom. The highest BCUT2D eigenvalue weighted by molar-refractivity contribution is 5.67. The molecule has 0 bridgehead atoms. The maximum absolute atomic E-state index is 11.8. The molecule has 0 radical (unpaired) electrons. The molecular formula is C12H21NO3. The van der Waals surface area contributed by atoms with Crippen molar-refractivity contribution in [2.75, 3.05) is 13.1 Å². The van der Waals surface area contributed by atoms with Gasteiger partial charge in [0.2, 0.25) is 0 Å². The highest BCUT2D eigenvalue weighted by atomic mass is 16.6. The van der Waals surface area contributed by atoms with Gasteiger partial charge in [-0.05, 0) is 38.5 Å². The third-order valence-corrected chi connectivity index (χ3v) is 3.53. The van der Waals surface area contributed by atoms with Crippen LogP contribution in [0.1, 0.15) is 44.9 Å². The van der Waals surface area contributed by atoms with Crippen molar-refractivity contribution in [1.82, 2.24) is 4.90 Å². The molecule has 2 fully saturated rings. The van der Waals surface area contributed by atoms with E-state index in [-0.39, 0.29) is 12.2 Å². The molecule has 1 N–H and O–H groups in total. The second kappa shape index (κ2) is 5.53. The van der Waals surface area contributed by atoms with Gasteiger partial charge in [-0.15, -0.1) is 0 Å². The maximum Gasteiger partial charge on any atom is 0.410 e. The van der Waals surface area contributed by atoms with Crippen LogP contribution in [0, 0.1) is 0 Å². The first-order chi connectivity index (χ1) is 7.77. The molecule has 2 rings (SSSR count). The van der Waals surface area contributed by atoms with Gasteiger partial charge in [-0.25, -0.2) is 4.79 Å². The summed E-state index contributed by atoms with van der Waals surface area (Å²) < 4.78 is 5.38. The lowest BCUT2D eigenvalue weighted by Gasteiger charge is -2.31. The zero-order chi connectivity index (χ0) is 11.4. The number of rotatable bonds is 1. The Bertz CT molecular complexity index is 238. The minimum Gasteiger partial charge on any atom is -0.443 e. The van der Waals surface area contributed by atoms with Crippen LogP contribution in [0.15, 0.2) is 0 Å². The van der Waals surface area contributed by atoms with Crippen molar-refractivity contribution in [3.05, 3.63) is 0 Å². The number of nitrogens with zero attached hydrogens (tertiary/aromatic N) is 1. The molecule has 0 aromatic carbocycles. The van der Waals surface area contributed by atoms with E-state index in [1.165, 1.54) is 6.42 Å². The van der Waals surface area contributed by atoms with Crippen LogP contribution < -0.4 is 0 Å². The lowest BCUT2D eigenvalue weighted by atomic mass is 9.95. The monoisotopic (exact) mass is 227 g/mol. The van der Waals surface area contributed by atoms with E-state index >= 15 is 0 Å². The number of likely N-dealkylation sites (tertiary alicyclic amines) is 1. The predicted octanol–water partition coefficient (Wildman–Crippen LogP) is 1.91. The van der Waals surface area contributed by atoms with Crippen molar-refractivity contribution in [3.8, 4) is 0 Å². The first kappa shape index (κ1) is 11.7. The van der Waals surface area contributed by atoms with Crippen LogP contribution in [0.3, 0.4) is 0 Å². The highest BCUT2D eigenvalue weighted by Crippen LogP contribution is 2.22. The Balaban J connectivity index is 1.80. The van der Waals surface area contributed by atoms with E-state index in [1.54, 1.807) is 4.90 Å². The second-order valence-electron chi connectivity index (χ2n) is 4.82. The molecule has 2 aliphatic rings. The molecule has 0 unspecified atom stereocenters. The minimum absolute atomic E-state index is 0.231. The van der Waals surface area contributed by atoms with Gasteiger partial charge in [0.15, 0.2) is 0 Å². The van der Waals surface area contributed by atoms with Gasteiger partial charge in [0.1, 0.15) is 6.10 Å². The number of carbonyl (C=O) groups excluding carboxylic acids is 1. The molecule has 1 aliphatic heterocycles. The Morgan fingerprint density at radius 2 is 1.75 bits per heavy atom. The Kier molecular flexibility index (Phi) is 4.04. The van der Waals surface area contributed by atoms with E-state index in [9.17, 15) is 9.90 Å². The van der Waals surface area contributed by atoms with Gasteiger partial charge in [0.25, 0.3) is 0 Å². The molecule has 2 atom stereocenters. The van der Waals surface area contributed by atoms with Crippen molar-refractivity contribution >= 4 is 6.09 Å². The lowest BCUT2D eigenvalue weighted by Crippen LogP contribution is -2.41. The number of hydrogen-bond donors (Lipinski definition) is 1. The van der Waals surface area contributed by atoms with Crippen LogP contribution in [0.5, 0.6) is 0 Å². The Labute approximate surface area is 96.6 Å². The molecule has 1 heterocycles. The standard InChI is InChI=1S/C12H21NO3/c14-10-6-2-3-7-11(10)16-12(15)13-8-4-1-5-9-13/h10-11,14H,1-9H2/t10-,11+/m1/s1. The van der Waals surface area contributed by atoms with Crippen LogP contribution in [0.2, 0.25) is 0 Å². The van der Waals surface area contributed by atoms with E-state index in [2.05, 4.69) is 0 Å². The second-order valence-corrected chi connectivity index (χ2v) is 4.82. The van der Waals surface area contributed by atoms with Crippen LogP contribution in [0.25, 0.3) is 0 Å². The van der Waals surface area contributed by atoms with E-state index < -0.39 is 6.10 Å². The average molecular weight is 227 g/mol. The van der Waals surface area contributed by atoms with E-state index in [1.807, 2.05) is 0 Å². The molecule has 1 saturated carbocycles. The normalized spacial score (nSPS) is 31.2. The van der Waals surface area contributed by atoms with Gasteiger partial charge in [-0.1, -0.05) is 6.42 Å². The summed E-state index contributed by atoms with van der Waals surface area (Å²) in [7, 11) is 0. The maximum atomic E-state index is 11.8. The molecule has 92 valence electrons. The summed E-state index contributed by atoms with van der Waals surface area (Å²) in [6, 6.07) is 0. The summed E-state index contributed by atoms with van der Waals surface area (Å²) in [5.74, 6) is 0. The average Bonchev–Trinajstić information content (AvgIpc) is 2.33. The summed E-state index contributed by atoms with van der Waals surface area (Å²) in [4.78, 5) is 13.6. The van der Waals surface area contributed by atoms with Crippen molar-refractivity contribution in [2.24, 2.45) is 0 Å². The molecule has 1 saturated heterocycles. The van der Waals surface area contributed by atoms with Gasteiger partial charge in [-0.2, -0.15) is 0 Å². The molecule has 4 heteroatoms. The number of aliphatic hydroxyl groups excluding tert-OH is 1. The molecule has 1 aliphatic carbocycles. The van der Waals surface area contributed by atoms with Crippen molar-refractivity contribution in [1.29, 1.82) is 0 Å². The molecule has 0 aromatic heterocycles. The van der Waals surface area contributed by atoms with Gasteiger partial charge in [-0.3, -0.25) is 0 Å². The summed E-state index contributed by atoms with van der Waals surface area (Å²) in [5, 5.41) is 9.72. The van der Waals surface area contributed by atoms with Crippen molar-refractivity contribution < 1.29 is 14.6 Å². The zero-order valence-electron chi connectivity index (χ0n) is 9.73. The Hall–Kier alpha value is -0.770. The number of carbonyl (C=O) groups is 1. The lowest BCUT2D eigenvalue weighted by molar-refractivity contribution is -0.0341. The zero-order valence-corrected chi connectivity index (χ0v) is 9.73. The van der Waals surface area contributed by atoms with E-state index in [0.717, 1.165) is 51.6 Å². The Morgan fingerprint density at radius 3 is 2.44 bits per heavy atom. The summed E-state index contributed by atoms with van der Waals surface area (Å²) in [6.07, 6.45) is 6.05. The third kappa shape index (κ3) is 2.88. The molecule has 0 spiro atoms. The van der Waals surface area contributed by atoms with Crippen LogP contribution in [-0.4, -0.2) is 41.4 Å². The summed E-state index contributed by atoms with van der Waals surface area (Å²) >= 11 is 0. The fraction of sp³-hybridized carbons (Fsp3) is 0.917. The van der Waals surface area contributed by atoms with Gasteiger partial charge in [0.05, 0.1) is 6.10 Å². The fourth-order valence-corrected chi connectivity index (χ4v) is 2.50. The summed E-state index contributed by atoms with van der Waals surface area (Å²) in [5.41, 5.74) is 0. The van der Waals surface area contributed by atoms with E-state index in [0.29, 0.717) is 0 Å². The van der Waals surface area contributed by atoms with Crippen molar-refractivity contribution in [3.63, 3.8) is 0 Å². The number of ether oxygens (including phenoxy) is 1. The molecular weight excluding hydrogens is 206 g/mol. The number of piperidine rings is 1. The van der Waals surface area contributed by atoms with E-state index in [4.69, 9.17) is 4.74 Å². The molecule has 4 nitrogen and oxygen atoms in total. The fourth-order valence-electron chi connectivity index (χ4n) is 2.50. The van der Waals surface area contributed by atoms with Crippen LogP contribution in [-0.2, 0) is 4.74 Å². The quantitative estimate of drug-likeness (QED) is 0.744. The third-order valence-electron chi connectivity index (χ3n) is 3.53. The van der Waals surface area contributed by atoms with Crippen molar-refractivity contribution in [2.45, 2.75) is 57.2 Å². The van der Waals surface area contributed by atoms with Gasteiger partial charge in [0, 0.05) is 13.1 Å². The molecule has 16 heavy (non-hydrogen) atoms. The number of aliphatic hydroxyl groups is 1. The van der Waals surface area contributed by atoms with Crippen LogP contribution in [0.4, 0.5) is 4.79 Å². The number of hydrogen-bond acceptors (Lipinski definition) is 3. The predicted molar refractivity (Wildman–Crippen MR) is 60.2 cm³/mol. The van der Waals surface area contributed by atoms with Gasteiger partial charge >= 0.3 is 6.09 Å². The largest absolute Gasteiger partial charge is 0.443 e. The molecule has 1 amide bonds.